The van der Waals surface area contributed by atoms with Crippen LogP contribution in [0.2, 0.25) is 0 Å². The van der Waals surface area contributed by atoms with E-state index < -0.39 is 0 Å². The Labute approximate surface area is 95.3 Å². The number of pyridine rings is 1. The van der Waals surface area contributed by atoms with Crippen LogP contribution in [0.4, 0.5) is 11.4 Å². The van der Waals surface area contributed by atoms with Crippen molar-refractivity contribution in [2.45, 2.75) is 13.5 Å². The quantitative estimate of drug-likeness (QED) is 0.824. The van der Waals surface area contributed by atoms with Crippen molar-refractivity contribution in [3.63, 3.8) is 0 Å². The number of rotatable bonds is 3. The number of nitrogens with one attached hydrogen (secondary N) is 1. The van der Waals surface area contributed by atoms with E-state index in [1.165, 1.54) is 11.1 Å². The lowest BCUT2D eigenvalue weighted by Crippen LogP contribution is -2.00. The Morgan fingerprint density at radius 2 is 2.12 bits per heavy atom. The highest BCUT2D eigenvalue weighted by atomic mass is 14.9. The largest absolute Gasteiger partial charge is 0.397 e. The van der Waals surface area contributed by atoms with Crippen molar-refractivity contribution in [2.75, 3.05) is 11.1 Å². The Bertz CT molecular complexity index is 435. The summed E-state index contributed by atoms with van der Waals surface area (Å²) in [5.41, 5.74) is 9.79. The SMILES string of the molecule is Cc1cccc(CNc2cncc(N)c2)c1. The molecule has 2 rings (SSSR count). The summed E-state index contributed by atoms with van der Waals surface area (Å²) in [6, 6.07) is 10.3. The van der Waals surface area contributed by atoms with Gasteiger partial charge in [-0.25, -0.2) is 0 Å². The van der Waals surface area contributed by atoms with E-state index in [0.717, 1.165) is 12.2 Å². The molecular formula is C13H15N3. The Morgan fingerprint density at radius 1 is 1.25 bits per heavy atom. The zero-order valence-corrected chi connectivity index (χ0v) is 9.27. The fourth-order valence-electron chi connectivity index (χ4n) is 1.58. The summed E-state index contributed by atoms with van der Waals surface area (Å²) in [6.45, 7) is 2.87. The fourth-order valence-corrected chi connectivity index (χ4v) is 1.58. The van der Waals surface area contributed by atoms with E-state index in [4.69, 9.17) is 5.73 Å². The molecule has 3 N–H and O–H groups in total. The summed E-state index contributed by atoms with van der Waals surface area (Å²) in [6.07, 6.45) is 3.41. The molecule has 0 radical (unpaired) electrons. The second kappa shape index (κ2) is 4.66. The molecule has 3 nitrogen and oxygen atoms in total. The van der Waals surface area contributed by atoms with Crippen LogP contribution < -0.4 is 11.1 Å². The second-order valence-corrected chi connectivity index (χ2v) is 3.85. The zero-order chi connectivity index (χ0) is 11.4. The third kappa shape index (κ3) is 2.73. The number of benzene rings is 1. The first-order valence-electron chi connectivity index (χ1n) is 5.24. The molecule has 0 aliphatic heterocycles. The number of hydrogen-bond acceptors (Lipinski definition) is 3. The Balaban J connectivity index is 2.02. The van der Waals surface area contributed by atoms with Gasteiger partial charge in [0.1, 0.15) is 0 Å². The van der Waals surface area contributed by atoms with Crippen LogP contribution in [-0.2, 0) is 6.54 Å². The number of aryl methyl sites for hydroxylation is 1. The first-order valence-corrected chi connectivity index (χ1v) is 5.24. The van der Waals surface area contributed by atoms with Gasteiger partial charge in [0.25, 0.3) is 0 Å². The minimum Gasteiger partial charge on any atom is -0.397 e. The van der Waals surface area contributed by atoms with E-state index in [9.17, 15) is 0 Å². The maximum atomic E-state index is 5.65. The lowest BCUT2D eigenvalue weighted by Gasteiger charge is -2.07. The van der Waals surface area contributed by atoms with Crippen LogP contribution in [0.3, 0.4) is 0 Å². The average molecular weight is 213 g/mol. The van der Waals surface area contributed by atoms with Crippen LogP contribution in [0, 0.1) is 6.92 Å². The molecular weight excluding hydrogens is 198 g/mol. The number of aromatic nitrogens is 1. The van der Waals surface area contributed by atoms with Crippen molar-refractivity contribution in [3.05, 3.63) is 53.9 Å². The highest BCUT2D eigenvalue weighted by Crippen LogP contribution is 2.11. The molecule has 0 amide bonds. The van der Waals surface area contributed by atoms with Gasteiger partial charge in [-0.3, -0.25) is 4.98 Å². The minimum absolute atomic E-state index is 0.675. The van der Waals surface area contributed by atoms with Crippen molar-refractivity contribution in [2.24, 2.45) is 0 Å². The first-order chi connectivity index (χ1) is 7.74. The summed E-state index contributed by atoms with van der Waals surface area (Å²) >= 11 is 0. The van der Waals surface area contributed by atoms with Gasteiger partial charge in [0.2, 0.25) is 0 Å². The average Bonchev–Trinajstić information content (AvgIpc) is 2.27. The van der Waals surface area contributed by atoms with Gasteiger partial charge in [-0.2, -0.15) is 0 Å². The first kappa shape index (κ1) is 10.5. The predicted molar refractivity (Wildman–Crippen MR) is 67.2 cm³/mol. The molecule has 16 heavy (non-hydrogen) atoms. The summed E-state index contributed by atoms with van der Waals surface area (Å²) in [5, 5.41) is 3.29. The summed E-state index contributed by atoms with van der Waals surface area (Å²) in [5.74, 6) is 0. The lowest BCUT2D eigenvalue weighted by molar-refractivity contribution is 1.13. The molecule has 1 aromatic heterocycles. The van der Waals surface area contributed by atoms with Gasteiger partial charge in [-0.05, 0) is 18.6 Å². The molecule has 3 heteroatoms. The normalized spacial score (nSPS) is 10.1. The van der Waals surface area contributed by atoms with Crippen molar-refractivity contribution < 1.29 is 0 Å². The number of nitrogens with zero attached hydrogens (tertiary/aromatic N) is 1. The van der Waals surface area contributed by atoms with Crippen LogP contribution in [-0.4, -0.2) is 4.98 Å². The van der Waals surface area contributed by atoms with Crippen LogP contribution in [0.1, 0.15) is 11.1 Å². The van der Waals surface area contributed by atoms with Crippen LogP contribution in [0.5, 0.6) is 0 Å². The Hall–Kier alpha value is -2.03. The molecule has 0 spiro atoms. The molecule has 0 aliphatic rings. The number of nitrogen functional groups attached to an aromatic ring is 1. The third-order valence-electron chi connectivity index (χ3n) is 2.34. The Kier molecular flexibility index (Phi) is 3.05. The van der Waals surface area contributed by atoms with Gasteiger partial charge in [-0.15, -0.1) is 0 Å². The van der Waals surface area contributed by atoms with E-state index in [1.807, 2.05) is 6.07 Å². The van der Waals surface area contributed by atoms with Crippen LogP contribution in [0.15, 0.2) is 42.7 Å². The second-order valence-electron chi connectivity index (χ2n) is 3.85. The molecule has 2 aromatic rings. The maximum Gasteiger partial charge on any atom is 0.0550 e. The summed E-state index contributed by atoms with van der Waals surface area (Å²) in [7, 11) is 0. The number of hydrogen-bond donors (Lipinski definition) is 2. The lowest BCUT2D eigenvalue weighted by atomic mass is 10.1. The van der Waals surface area contributed by atoms with Crippen molar-refractivity contribution in [1.82, 2.24) is 4.98 Å². The molecule has 1 heterocycles. The van der Waals surface area contributed by atoms with Crippen LogP contribution >= 0.6 is 0 Å². The predicted octanol–water partition coefficient (Wildman–Crippen LogP) is 2.58. The van der Waals surface area contributed by atoms with Gasteiger partial charge in [0.05, 0.1) is 17.6 Å². The fraction of sp³-hybridized carbons (Fsp3) is 0.154. The van der Waals surface area contributed by atoms with Gasteiger partial charge < -0.3 is 11.1 Å². The van der Waals surface area contributed by atoms with Gasteiger partial charge >= 0.3 is 0 Å². The van der Waals surface area contributed by atoms with E-state index >= 15 is 0 Å². The topological polar surface area (TPSA) is 50.9 Å². The highest BCUT2D eigenvalue weighted by Gasteiger charge is 1.95. The Morgan fingerprint density at radius 3 is 2.88 bits per heavy atom. The highest BCUT2D eigenvalue weighted by molar-refractivity contribution is 5.51. The number of anilines is 2. The van der Waals surface area contributed by atoms with E-state index in [1.54, 1.807) is 12.4 Å². The monoisotopic (exact) mass is 213 g/mol. The van der Waals surface area contributed by atoms with Gasteiger partial charge in [0.15, 0.2) is 0 Å². The van der Waals surface area contributed by atoms with E-state index in [0.29, 0.717) is 5.69 Å². The van der Waals surface area contributed by atoms with Crippen molar-refractivity contribution in [1.29, 1.82) is 0 Å². The standard InChI is InChI=1S/C13H15N3/c1-10-3-2-4-11(5-10)7-16-13-6-12(14)8-15-9-13/h2-6,8-9,16H,7,14H2,1H3. The molecule has 0 fully saturated rings. The summed E-state index contributed by atoms with van der Waals surface area (Å²) < 4.78 is 0. The molecule has 0 saturated heterocycles. The van der Waals surface area contributed by atoms with Crippen LogP contribution in [0.25, 0.3) is 0 Å². The molecule has 0 aliphatic carbocycles. The third-order valence-corrected chi connectivity index (χ3v) is 2.34. The minimum atomic E-state index is 0.675. The maximum absolute atomic E-state index is 5.65. The molecule has 0 saturated carbocycles. The molecule has 0 unspecified atom stereocenters. The molecule has 0 atom stereocenters. The van der Waals surface area contributed by atoms with E-state index in [-0.39, 0.29) is 0 Å². The number of nitrogens with two attached hydrogens (primary N) is 1. The van der Waals surface area contributed by atoms with Crippen molar-refractivity contribution in [3.8, 4) is 0 Å². The molecule has 1 aromatic carbocycles. The molecule has 0 bridgehead atoms. The summed E-state index contributed by atoms with van der Waals surface area (Å²) in [4.78, 5) is 4.03. The smallest absolute Gasteiger partial charge is 0.0550 e. The van der Waals surface area contributed by atoms with E-state index in [2.05, 4.69) is 41.5 Å². The molecule has 82 valence electrons. The van der Waals surface area contributed by atoms with Crippen molar-refractivity contribution >= 4 is 11.4 Å². The zero-order valence-electron chi connectivity index (χ0n) is 9.27. The van der Waals surface area contributed by atoms with Gasteiger partial charge in [-0.1, -0.05) is 29.8 Å². The van der Waals surface area contributed by atoms with Gasteiger partial charge in [0, 0.05) is 12.7 Å².